The largest absolute Gasteiger partial charge is 0.481 e. The van der Waals surface area contributed by atoms with E-state index in [1.165, 1.54) is 0 Å². The van der Waals surface area contributed by atoms with Crippen LogP contribution in [0.15, 0.2) is 54.7 Å². The molecule has 0 spiro atoms. The highest BCUT2D eigenvalue weighted by molar-refractivity contribution is 6.19. The number of nitrogens with two attached hydrogens (primary N) is 2. The van der Waals surface area contributed by atoms with Gasteiger partial charge in [-0.2, -0.15) is 0 Å². The van der Waals surface area contributed by atoms with E-state index in [0.29, 0.717) is 34.4 Å². The number of hydrogen-bond donors (Lipinski definition) is 3. The molecule has 0 amide bonds. The van der Waals surface area contributed by atoms with Gasteiger partial charge in [0.1, 0.15) is 5.75 Å². The topological polar surface area (TPSA) is 121 Å². The number of ketones is 1. The Hall–Kier alpha value is -3.74. The monoisotopic (exact) mass is 379 g/mol. The summed E-state index contributed by atoms with van der Waals surface area (Å²) in [6, 6.07) is 12.9. The molecule has 0 saturated heterocycles. The van der Waals surface area contributed by atoms with Crippen LogP contribution in [0.2, 0.25) is 0 Å². The van der Waals surface area contributed by atoms with E-state index in [0.717, 1.165) is 5.56 Å². The van der Waals surface area contributed by atoms with Crippen LogP contribution in [-0.2, 0) is 11.3 Å². The van der Waals surface area contributed by atoms with Crippen molar-refractivity contribution in [3.63, 3.8) is 0 Å². The molecule has 0 aliphatic carbocycles. The van der Waals surface area contributed by atoms with E-state index in [9.17, 15) is 9.59 Å². The Kier molecular flexibility index (Phi) is 5.08. The fraction of sp³-hybridized carbons (Fsp3) is 0.143. The second-order valence-electron chi connectivity index (χ2n) is 6.45. The van der Waals surface area contributed by atoms with Gasteiger partial charge in [-0.1, -0.05) is 36.9 Å². The number of carboxylic acids is 1. The molecule has 3 rings (SSSR count). The molecule has 0 aliphatic rings. The number of anilines is 1. The van der Waals surface area contributed by atoms with Gasteiger partial charge in [-0.05, 0) is 24.6 Å². The summed E-state index contributed by atoms with van der Waals surface area (Å²) >= 11 is 0. The van der Waals surface area contributed by atoms with E-state index in [4.69, 9.17) is 21.3 Å². The number of aliphatic carboxylic acids is 1. The maximum absolute atomic E-state index is 12.8. The van der Waals surface area contributed by atoms with E-state index in [-0.39, 0.29) is 11.4 Å². The number of ether oxygens (including phenoxy) is 1. The van der Waals surface area contributed by atoms with Crippen molar-refractivity contribution >= 4 is 28.3 Å². The van der Waals surface area contributed by atoms with Gasteiger partial charge in [0.15, 0.2) is 6.61 Å². The number of nitrogen functional groups attached to an aromatic ring is 1. The number of carbonyl (C=O) groups is 2. The molecule has 0 atom stereocenters. The van der Waals surface area contributed by atoms with Crippen LogP contribution in [0.1, 0.15) is 21.6 Å². The molecule has 7 heteroatoms. The lowest BCUT2D eigenvalue weighted by molar-refractivity contribution is -0.139. The number of carbonyl (C=O) groups excluding carboxylic acids is 1. The standard InChI is InChI=1S/C21H21N3O4/c1-12(22)21(27)18-13(2)24(10-14-6-4-3-5-7-14)20-15(23)8-9-16(19(18)20)28-11-17(25)26/h3-9H,1,10-11,22-23H2,2H3,(H,25,26). The fourth-order valence-electron chi connectivity index (χ4n) is 3.27. The fourth-order valence-corrected chi connectivity index (χ4v) is 3.27. The Bertz CT molecular complexity index is 1080. The number of hydrogen-bond acceptors (Lipinski definition) is 5. The summed E-state index contributed by atoms with van der Waals surface area (Å²) < 4.78 is 7.34. The average molecular weight is 379 g/mol. The summed E-state index contributed by atoms with van der Waals surface area (Å²) in [7, 11) is 0. The zero-order valence-electron chi connectivity index (χ0n) is 15.4. The van der Waals surface area contributed by atoms with Gasteiger partial charge in [-0.3, -0.25) is 4.79 Å². The Morgan fingerprint density at radius 3 is 2.46 bits per heavy atom. The molecule has 0 aliphatic heterocycles. The summed E-state index contributed by atoms with van der Waals surface area (Å²) in [6.45, 7) is 5.27. The van der Waals surface area contributed by atoms with Crippen molar-refractivity contribution in [3.05, 3.63) is 71.6 Å². The number of fused-ring (bicyclic) bond motifs is 1. The van der Waals surface area contributed by atoms with Gasteiger partial charge in [0.05, 0.1) is 27.9 Å². The maximum Gasteiger partial charge on any atom is 0.341 e. The SMILES string of the molecule is C=C(N)C(=O)c1c(C)n(Cc2ccccc2)c2c(N)ccc(OCC(=O)O)c12. The molecule has 7 nitrogen and oxygen atoms in total. The van der Waals surface area contributed by atoms with Gasteiger partial charge in [0.2, 0.25) is 5.78 Å². The Balaban J connectivity index is 2.30. The van der Waals surface area contributed by atoms with Gasteiger partial charge in [0.25, 0.3) is 0 Å². The van der Waals surface area contributed by atoms with Crippen molar-refractivity contribution in [2.24, 2.45) is 5.73 Å². The number of allylic oxidation sites excluding steroid dienone is 1. The van der Waals surface area contributed by atoms with Crippen LogP contribution in [0.5, 0.6) is 5.75 Å². The second kappa shape index (κ2) is 7.48. The van der Waals surface area contributed by atoms with Crippen LogP contribution in [-0.4, -0.2) is 28.0 Å². The van der Waals surface area contributed by atoms with Crippen molar-refractivity contribution < 1.29 is 19.4 Å². The number of rotatable bonds is 7. The maximum atomic E-state index is 12.8. The van der Waals surface area contributed by atoms with Crippen molar-refractivity contribution in [3.8, 4) is 5.75 Å². The van der Waals surface area contributed by atoms with Crippen LogP contribution < -0.4 is 16.2 Å². The smallest absolute Gasteiger partial charge is 0.341 e. The Morgan fingerprint density at radius 1 is 1.18 bits per heavy atom. The molecule has 144 valence electrons. The predicted octanol–water partition coefficient (Wildman–Crippen LogP) is 2.70. The normalized spacial score (nSPS) is 10.8. The Labute approximate surface area is 161 Å². The lowest BCUT2D eigenvalue weighted by atomic mass is 10.0. The minimum Gasteiger partial charge on any atom is -0.481 e. The predicted molar refractivity (Wildman–Crippen MR) is 107 cm³/mol. The minimum absolute atomic E-state index is 0.117. The van der Waals surface area contributed by atoms with Gasteiger partial charge in [-0.15, -0.1) is 0 Å². The third-order valence-electron chi connectivity index (χ3n) is 4.51. The molecule has 0 saturated carbocycles. The highest BCUT2D eigenvalue weighted by Crippen LogP contribution is 2.38. The van der Waals surface area contributed by atoms with Crippen LogP contribution in [0, 0.1) is 6.92 Å². The van der Waals surface area contributed by atoms with E-state index in [2.05, 4.69) is 6.58 Å². The zero-order chi connectivity index (χ0) is 20.4. The zero-order valence-corrected chi connectivity index (χ0v) is 15.4. The quantitative estimate of drug-likeness (QED) is 0.330. The average Bonchev–Trinajstić information content (AvgIpc) is 2.94. The molecule has 0 radical (unpaired) electrons. The number of carboxylic acid groups (broad SMARTS) is 1. The summed E-state index contributed by atoms with van der Waals surface area (Å²) in [5, 5.41) is 9.40. The van der Waals surface area contributed by atoms with E-state index in [1.54, 1.807) is 19.1 Å². The lowest BCUT2D eigenvalue weighted by Gasteiger charge is -2.11. The summed E-state index contributed by atoms with van der Waals surface area (Å²) in [5.41, 5.74) is 14.8. The van der Waals surface area contributed by atoms with E-state index >= 15 is 0 Å². The molecule has 28 heavy (non-hydrogen) atoms. The van der Waals surface area contributed by atoms with Gasteiger partial charge in [-0.25, -0.2) is 4.79 Å². The van der Waals surface area contributed by atoms with E-state index < -0.39 is 18.4 Å². The highest BCUT2D eigenvalue weighted by Gasteiger charge is 2.25. The van der Waals surface area contributed by atoms with Crippen molar-refractivity contribution in [2.45, 2.75) is 13.5 Å². The third kappa shape index (κ3) is 3.42. The first-order chi connectivity index (χ1) is 13.3. The third-order valence-corrected chi connectivity index (χ3v) is 4.51. The number of aromatic nitrogens is 1. The van der Waals surface area contributed by atoms with Crippen LogP contribution >= 0.6 is 0 Å². The molecular weight excluding hydrogens is 358 g/mol. The highest BCUT2D eigenvalue weighted by atomic mass is 16.5. The van der Waals surface area contributed by atoms with Crippen molar-refractivity contribution in [1.82, 2.24) is 4.57 Å². The van der Waals surface area contributed by atoms with Crippen LogP contribution in [0.4, 0.5) is 5.69 Å². The van der Waals surface area contributed by atoms with Gasteiger partial charge < -0.3 is 25.9 Å². The molecule has 3 aromatic rings. The Morgan fingerprint density at radius 2 is 1.86 bits per heavy atom. The van der Waals surface area contributed by atoms with Crippen LogP contribution in [0.3, 0.4) is 0 Å². The second-order valence-corrected chi connectivity index (χ2v) is 6.45. The molecule has 1 heterocycles. The summed E-state index contributed by atoms with van der Waals surface area (Å²) in [5.74, 6) is -1.31. The first-order valence-corrected chi connectivity index (χ1v) is 8.60. The minimum atomic E-state index is -1.12. The van der Waals surface area contributed by atoms with Crippen molar-refractivity contribution in [2.75, 3.05) is 12.3 Å². The summed E-state index contributed by atoms with van der Waals surface area (Å²) in [4.78, 5) is 23.8. The lowest BCUT2D eigenvalue weighted by Crippen LogP contribution is -2.13. The molecule has 5 N–H and O–H groups in total. The molecule has 1 aromatic heterocycles. The molecule has 0 fully saturated rings. The van der Waals surface area contributed by atoms with Crippen molar-refractivity contribution in [1.29, 1.82) is 0 Å². The first kappa shape index (κ1) is 19.0. The molecular formula is C21H21N3O4. The summed E-state index contributed by atoms with van der Waals surface area (Å²) in [6.07, 6.45) is 0. The van der Waals surface area contributed by atoms with Gasteiger partial charge >= 0.3 is 5.97 Å². The number of benzene rings is 2. The molecule has 0 bridgehead atoms. The molecule has 2 aromatic carbocycles. The van der Waals surface area contributed by atoms with Gasteiger partial charge in [0, 0.05) is 12.2 Å². The van der Waals surface area contributed by atoms with E-state index in [1.807, 2.05) is 34.9 Å². The van der Waals surface area contributed by atoms with Crippen LogP contribution in [0.25, 0.3) is 10.9 Å². The first-order valence-electron chi connectivity index (χ1n) is 8.60. The molecule has 0 unspecified atom stereocenters. The number of Topliss-reactive ketones (excluding diaryl/α,β-unsaturated/α-hetero) is 1. The number of nitrogens with zero attached hydrogens (tertiary/aromatic N) is 1.